The monoisotopic (exact) mass is 456 g/mol. The number of rotatable bonds is 9. The van der Waals surface area contributed by atoms with Crippen LogP contribution in [0.5, 0.6) is 0 Å². The second kappa shape index (κ2) is 9.27. The molecule has 2 bridgehead atoms. The number of hydrogen-bond donors (Lipinski definition) is 1. The van der Waals surface area contributed by atoms with Crippen LogP contribution in [-0.2, 0) is 30.4 Å². The molecule has 0 radical (unpaired) electrons. The second-order valence-corrected chi connectivity index (χ2v) is 9.08. The Balaban J connectivity index is 1.73. The summed E-state index contributed by atoms with van der Waals surface area (Å²) >= 11 is 0. The van der Waals surface area contributed by atoms with Crippen molar-refractivity contribution in [3.8, 4) is 0 Å². The van der Waals surface area contributed by atoms with Crippen LogP contribution in [0, 0.1) is 11.8 Å². The van der Waals surface area contributed by atoms with Crippen molar-refractivity contribution < 1.29 is 29.0 Å². The molecule has 6 atom stereocenters. The molecular formula is C25H32N2O6. The molecule has 2 amide bonds. The van der Waals surface area contributed by atoms with Crippen molar-refractivity contribution in [2.24, 2.45) is 11.8 Å². The number of hydrogen-bond acceptors (Lipinski definition) is 6. The summed E-state index contributed by atoms with van der Waals surface area (Å²) in [6.45, 7) is 7.78. The lowest BCUT2D eigenvalue weighted by atomic mass is 9.70. The van der Waals surface area contributed by atoms with E-state index in [9.17, 15) is 19.5 Å². The van der Waals surface area contributed by atoms with Crippen LogP contribution in [0.25, 0.3) is 0 Å². The van der Waals surface area contributed by atoms with Gasteiger partial charge in [-0.2, -0.15) is 0 Å². The molecule has 33 heavy (non-hydrogen) atoms. The topological polar surface area (TPSA) is 96.4 Å². The van der Waals surface area contributed by atoms with Crippen molar-refractivity contribution in [3.05, 3.63) is 48.6 Å². The molecule has 0 saturated carbocycles. The number of carbonyl (C=O) groups is 3. The van der Waals surface area contributed by atoms with Crippen molar-refractivity contribution in [2.45, 2.75) is 57.0 Å². The van der Waals surface area contributed by atoms with Crippen LogP contribution < -0.4 is 0 Å². The highest BCUT2D eigenvalue weighted by molar-refractivity contribution is 5.98. The van der Waals surface area contributed by atoms with E-state index in [2.05, 4.69) is 6.58 Å². The van der Waals surface area contributed by atoms with E-state index in [1.807, 2.05) is 30.3 Å². The van der Waals surface area contributed by atoms with Gasteiger partial charge in [0.1, 0.15) is 11.6 Å². The summed E-state index contributed by atoms with van der Waals surface area (Å²) in [4.78, 5) is 43.6. The Kier molecular flexibility index (Phi) is 6.59. The third-order valence-corrected chi connectivity index (χ3v) is 7.15. The number of esters is 1. The quantitative estimate of drug-likeness (QED) is 0.447. The number of nitrogens with zero attached hydrogens (tertiary/aromatic N) is 2. The minimum Gasteiger partial charge on any atom is -0.466 e. The van der Waals surface area contributed by atoms with Crippen molar-refractivity contribution in [2.75, 3.05) is 19.8 Å². The summed E-state index contributed by atoms with van der Waals surface area (Å²) in [5.74, 6) is -2.58. The van der Waals surface area contributed by atoms with Gasteiger partial charge in [-0.1, -0.05) is 36.4 Å². The maximum Gasteiger partial charge on any atom is 0.312 e. The van der Waals surface area contributed by atoms with Gasteiger partial charge >= 0.3 is 5.97 Å². The van der Waals surface area contributed by atoms with E-state index in [1.165, 1.54) is 4.90 Å². The maximum atomic E-state index is 14.1. The Morgan fingerprint density at radius 2 is 2.12 bits per heavy atom. The molecule has 1 spiro atoms. The standard InChI is InChI=1S/C25H32N2O6/c1-4-13-26(14-17-9-7-6-8-10-17)23(30)21-25-12-11-18(33-25)19(24(31)32-5-2)20(25)22(29)27(21)16(3)15-28/h4,6-10,16,18-21,28H,1,5,11-15H2,2-3H3/t16-,18+,19-,20-,21+,25-/m1/s1. The predicted molar refractivity (Wildman–Crippen MR) is 120 cm³/mol. The number of ether oxygens (including phenoxy) is 2. The van der Waals surface area contributed by atoms with Crippen LogP contribution in [0.4, 0.5) is 0 Å². The first-order valence-corrected chi connectivity index (χ1v) is 11.6. The third kappa shape index (κ3) is 3.75. The molecule has 0 aromatic heterocycles. The van der Waals surface area contributed by atoms with Gasteiger partial charge in [0.15, 0.2) is 0 Å². The van der Waals surface area contributed by atoms with Gasteiger partial charge in [-0.15, -0.1) is 6.58 Å². The van der Waals surface area contributed by atoms with Crippen LogP contribution >= 0.6 is 0 Å². The van der Waals surface area contributed by atoms with E-state index in [-0.39, 0.29) is 25.0 Å². The summed E-state index contributed by atoms with van der Waals surface area (Å²) in [7, 11) is 0. The third-order valence-electron chi connectivity index (χ3n) is 7.15. The van der Waals surface area contributed by atoms with Crippen LogP contribution in [0.3, 0.4) is 0 Å². The Hall–Kier alpha value is -2.71. The minimum atomic E-state index is -1.10. The molecule has 0 unspecified atom stereocenters. The fourth-order valence-corrected chi connectivity index (χ4v) is 5.80. The first-order chi connectivity index (χ1) is 15.9. The molecular weight excluding hydrogens is 424 g/mol. The van der Waals surface area contributed by atoms with E-state index in [0.717, 1.165) is 5.56 Å². The summed E-state index contributed by atoms with van der Waals surface area (Å²) in [5, 5.41) is 9.91. The molecule has 3 aliphatic heterocycles. The van der Waals surface area contributed by atoms with E-state index in [1.54, 1.807) is 24.8 Å². The smallest absolute Gasteiger partial charge is 0.312 e. The molecule has 3 fully saturated rings. The van der Waals surface area contributed by atoms with Crippen LogP contribution in [0.15, 0.2) is 43.0 Å². The molecule has 3 aliphatic rings. The first kappa shape index (κ1) is 23.4. The zero-order valence-corrected chi connectivity index (χ0v) is 19.2. The Bertz CT molecular complexity index is 921. The summed E-state index contributed by atoms with van der Waals surface area (Å²) in [6.07, 6.45) is 2.30. The molecule has 1 aromatic rings. The highest BCUT2D eigenvalue weighted by Gasteiger charge is 2.75. The number of amides is 2. The minimum absolute atomic E-state index is 0.208. The molecule has 8 nitrogen and oxygen atoms in total. The fourth-order valence-electron chi connectivity index (χ4n) is 5.80. The average Bonchev–Trinajstić information content (AvgIpc) is 3.46. The van der Waals surface area contributed by atoms with Crippen LogP contribution in [-0.4, -0.2) is 76.2 Å². The highest BCUT2D eigenvalue weighted by Crippen LogP contribution is 2.59. The maximum absolute atomic E-state index is 14.1. The zero-order chi connectivity index (χ0) is 23.8. The molecule has 8 heteroatoms. The van der Waals surface area contributed by atoms with E-state index in [0.29, 0.717) is 25.9 Å². The van der Waals surface area contributed by atoms with Crippen molar-refractivity contribution in [3.63, 3.8) is 0 Å². The van der Waals surface area contributed by atoms with Crippen molar-refractivity contribution in [1.82, 2.24) is 9.80 Å². The van der Waals surface area contributed by atoms with Gasteiger partial charge in [-0.25, -0.2) is 0 Å². The summed E-state index contributed by atoms with van der Waals surface area (Å²) in [6, 6.07) is 8.08. The van der Waals surface area contributed by atoms with E-state index in [4.69, 9.17) is 9.47 Å². The Morgan fingerprint density at radius 1 is 1.39 bits per heavy atom. The van der Waals surface area contributed by atoms with Crippen molar-refractivity contribution >= 4 is 17.8 Å². The van der Waals surface area contributed by atoms with Gasteiger partial charge in [0.25, 0.3) is 0 Å². The summed E-state index contributed by atoms with van der Waals surface area (Å²) < 4.78 is 11.6. The van der Waals surface area contributed by atoms with Gasteiger partial charge in [0.2, 0.25) is 11.8 Å². The number of fused-ring (bicyclic) bond motifs is 1. The van der Waals surface area contributed by atoms with E-state index >= 15 is 0 Å². The number of carbonyl (C=O) groups excluding carboxylic acids is 3. The molecule has 0 aliphatic carbocycles. The number of aliphatic hydroxyl groups is 1. The highest BCUT2D eigenvalue weighted by atomic mass is 16.6. The Morgan fingerprint density at radius 3 is 2.76 bits per heavy atom. The largest absolute Gasteiger partial charge is 0.466 e. The van der Waals surface area contributed by atoms with Gasteiger partial charge in [-0.05, 0) is 32.3 Å². The normalized spacial score (nSPS) is 30.8. The molecule has 1 N–H and O–H groups in total. The van der Waals surface area contributed by atoms with E-state index < -0.39 is 41.6 Å². The first-order valence-electron chi connectivity index (χ1n) is 11.6. The SMILES string of the molecule is C=CCN(Cc1ccccc1)C(=O)[C@@H]1N([C@H](C)CO)C(=O)[C@H]2[C@H](C(=O)OCC)[C@@H]3CC[C@]12O3. The van der Waals surface area contributed by atoms with Gasteiger partial charge < -0.3 is 24.4 Å². The predicted octanol–water partition coefficient (Wildman–Crippen LogP) is 1.52. The molecule has 1 aromatic carbocycles. The Labute approximate surface area is 194 Å². The number of aliphatic hydroxyl groups excluding tert-OH is 1. The van der Waals surface area contributed by atoms with Gasteiger partial charge in [0, 0.05) is 13.1 Å². The lowest BCUT2D eigenvalue weighted by molar-refractivity contribution is -0.156. The summed E-state index contributed by atoms with van der Waals surface area (Å²) in [5.41, 5.74) is -0.149. The molecule has 178 valence electrons. The lowest BCUT2D eigenvalue weighted by Crippen LogP contribution is -2.58. The van der Waals surface area contributed by atoms with Crippen LogP contribution in [0.2, 0.25) is 0 Å². The second-order valence-electron chi connectivity index (χ2n) is 9.08. The molecule has 3 heterocycles. The lowest BCUT2D eigenvalue weighted by Gasteiger charge is -2.38. The molecule has 4 rings (SSSR count). The number of likely N-dealkylation sites (tertiary alicyclic amines) is 1. The number of benzene rings is 1. The zero-order valence-electron chi connectivity index (χ0n) is 19.2. The van der Waals surface area contributed by atoms with Gasteiger partial charge in [0.05, 0.1) is 37.2 Å². The molecule has 3 saturated heterocycles. The van der Waals surface area contributed by atoms with Gasteiger partial charge in [-0.3, -0.25) is 14.4 Å². The van der Waals surface area contributed by atoms with Crippen molar-refractivity contribution in [1.29, 1.82) is 0 Å². The fraction of sp³-hybridized carbons (Fsp3) is 0.560. The van der Waals surface area contributed by atoms with Crippen LogP contribution in [0.1, 0.15) is 32.3 Å². The average molecular weight is 457 g/mol.